The molecule has 2 heterocycles. The Bertz CT molecular complexity index is 464. The number of nitrogens with zero attached hydrogens (tertiary/aromatic N) is 3. The summed E-state index contributed by atoms with van der Waals surface area (Å²) in [6.45, 7) is 5.24. The van der Waals surface area contributed by atoms with Crippen LogP contribution in [-0.2, 0) is 14.8 Å². The molecule has 2 aliphatic heterocycles. The normalized spacial score (nSPS) is 23.7. The monoisotopic (exact) mass is 317 g/mol. The number of sulfonamides is 1. The van der Waals surface area contributed by atoms with Crippen LogP contribution in [0.2, 0.25) is 0 Å². The summed E-state index contributed by atoms with van der Waals surface area (Å²) < 4.78 is 24.7. The van der Waals surface area contributed by atoms with Gasteiger partial charge in [-0.3, -0.25) is 4.79 Å². The Morgan fingerprint density at radius 3 is 2.00 bits per heavy atom. The van der Waals surface area contributed by atoms with Crippen LogP contribution in [0.25, 0.3) is 0 Å². The lowest BCUT2D eigenvalue weighted by Crippen LogP contribution is -2.51. The van der Waals surface area contributed by atoms with Crippen molar-refractivity contribution in [2.75, 3.05) is 39.5 Å². The van der Waals surface area contributed by atoms with Gasteiger partial charge in [0.15, 0.2) is 0 Å². The van der Waals surface area contributed by atoms with Gasteiger partial charge in [-0.15, -0.1) is 0 Å². The average Bonchev–Trinajstić information content (AvgIpc) is 2.46. The lowest BCUT2D eigenvalue weighted by atomic mass is 9.98. The quantitative estimate of drug-likeness (QED) is 0.754. The molecule has 0 aliphatic carbocycles. The predicted octanol–water partition coefficient (Wildman–Crippen LogP) is 0.353. The molecule has 122 valence electrons. The van der Waals surface area contributed by atoms with Gasteiger partial charge < -0.3 is 9.80 Å². The van der Waals surface area contributed by atoms with Gasteiger partial charge in [0.25, 0.3) is 0 Å². The topological polar surface area (TPSA) is 60.9 Å². The van der Waals surface area contributed by atoms with E-state index < -0.39 is 10.0 Å². The van der Waals surface area contributed by atoms with Crippen molar-refractivity contribution >= 4 is 15.9 Å². The highest BCUT2D eigenvalue weighted by Crippen LogP contribution is 2.23. The second-order valence-corrected chi connectivity index (χ2v) is 8.33. The molecular weight excluding hydrogens is 290 g/mol. The van der Waals surface area contributed by atoms with Crippen LogP contribution in [0.5, 0.6) is 0 Å². The molecule has 2 aliphatic rings. The second-order valence-electron chi connectivity index (χ2n) is 6.28. The molecule has 0 N–H and O–H groups in total. The number of carbonyl (C=O) groups is 1. The molecule has 2 saturated heterocycles. The van der Waals surface area contributed by atoms with E-state index in [2.05, 4.69) is 4.90 Å². The largest absolute Gasteiger partial charge is 0.343 e. The number of piperidine rings is 2. The van der Waals surface area contributed by atoms with Crippen molar-refractivity contribution in [3.63, 3.8) is 0 Å². The summed E-state index contributed by atoms with van der Waals surface area (Å²) >= 11 is 0. The number of hydrogen-bond donors (Lipinski definition) is 0. The van der Waals surface area contributed by atoms with Crippen molar-refractivity contribution in [3.05, 3.63) is 0 Å². The van der Waals surface area contributed by atoms with E-state index in [0.717, 1.165) is 51.9 Å². The van der Waals surface area contributed by atoms with Crippen LogP contribution < -0.4 is 0 Å². The highest BCUT2D eigenvalue weighted by molar-refractivity contribution is 7.88. The van der Waals surface area contributed by atoms with Crippen molar-refractivity contribution in [2.24, 2.45) is 0 Å². The molecule has 0 aromatic rings. The lowest BCUT2D eigenvalue weighted by Gasteiger charge is -2.42. The minimum Gasteiger partial charge on any atom is -0.343 e. The van der Waals surface area contributed by atoms with Gasteiger partial charge in [-0.05, 0) is 38.8 Å². The first kappa shape index (κ1) is 16.7. The van der Waals surface area contributed by atoms with Gasteiger partial charge in [-0.2, -0.15) is 0 Å². The number of carbonyl (C=O) groups excluding carboxylic acids is 1. The van der Waals surface area contributed by atoms with Gasteiger partial charge in [0, 0.05) is 39.1 Å². The van der Waals surface area contributed by atoms with Crippen LogP contribution in [-0.4, -0.2) is 80.0 Å². The van der Waals surface area contributed by atoms with Gasteiger partial charge >= 0.3 is 0 Å². The third kappa shape index (κ3) is 4.17. The van der Waals surface area contributed by atoms with E-state index >= 15 is 0 Å². The van der Waals surface area contributed by atoms with Crippen LogP contribution in [0.3, 0.4) is 0 Å². The van der Waals surface area contributed by atoms with E-state index in [0.29, 0.717) is 6.04 Å². The van der Waals surface area contributed by atoms with Gasteiger partial charge in [0.2, 0.25) is 15.9 Å². The van der Waals surface area contributed by atoms with Gasteiger partial charge in [0.1, 0.15) is 0 Å². The summed E-state index contributed by atoms with van der Waals surface area (Å²) in [5.74, 6) is 0.168. The maximum absolute atomic E-state index is 11.6. The Balaban J connectivity index is 1.81. The lowest BCUT2D eigenvalue weighted by molar-refractivity contribution is -0.130. The summed E-state index contributed by atoms with van der Waals surface area (Å²) in [6, 6.07) is 0.679. The van der Waals surface area contributed by atoms with Crippen LogP contribution in [0.4, 0.5) is 0 Å². The number of amides is 1. The third-order valence-electron chi connectivity index (χ3n) is 4.96. The molecule has 0 saturated carbocycles. The Morgan fingerprint density at radius 2 is 1.57 bits per heavy atom. The summed E-state index contributed by atoms with van der Waals surface area (Å²) in [5.41, 5.74) is 0. The van der Waals surface area contributed by atoms with Gasteiger partial charge in [-0.25, -0.2) is 12.7 Å². The fraction of sp³-hybridized carbons (Fsp3) is 0.929. The summed E-state index contributed by atoms with van der Waals surface area (Å²) in [4.78, 5) is 15.7. The van der Waals surface area contributed by atoms with E-state index in [1.165, 1.54) is 10.6 Å². The predicted molar refractivity (Wildman–Crippen MR) is 82.5 cm³/mol. The minimum absolute atomic E-state index is 0.133. The van der Waals surface area contributed by atoms with E-state index in [4.69, 9.17) is 0 Å². The molecule has 6 nitrogen and oxygen atoms in total. The van der Waals surface area contributed by atoms with Crippen LogP contribution in [0, 0.1) is 0 Å². The minimum atomic E-state index is -3.09. The second kappa shape index (κ2) is 6.62. The average molecular weight is 317 g/mol. The van der Waals surface area contributed by atoms with E-state index in [9.17, 15) is 13.2 Å². The van der Waals surface area contributed by atoms with Crippen molar-refractivity contribution in [1.82, 2.24) is 14.1 Å². The number of rotatable bonds is 3. The smallest absolute Gasteiger partial charge is 0.219 e. The zero-order valence-electron chi connectivity index (χ0n) is 13.3. The summed E-state index contributed by atoms with van der Waals surface area (Å²) in [7, 11) is -1.41. The third-order valence-corrected chi connectivity index (χ3v) is 6.31. The Morgan fingerprint density at radius 1 is 1.05 bits per heavy atom. The molecule has 21 heavy (non-hydrogen) atoms. The van der Waals surface area contributed by atoms with E-state index in [1.807, 2.05) is 4.90 Å². The van der Waals surface area contributed by atoms with Crippen molar-refractivity contribution in [1.29, 1.82) is 0 Å². The number of likely N-dealkylation sites (tertiary alicyclic amines) is 2. The highest BCUT2D eigenvalue weighted by Gasteiger charge is 2.31. The maximum atomic E-state index is 11.6. The van der Waals surface area contributed by atoms with Gasteiger partial charge in [0.05, 0.1) is 6.26 Å². The molecule has 7 heteroatoms. The number of hydrogen-bond acceptors (Lipinski definition) is 4. The molecule has 0 radical (unpaired) electrons. The van der Waals surface area contributed by atoms with Crippen LogP contribution in [0.15, 0.2) is 0 Å². The van der Waals surface area contributed by atoms with E-state index in [-0.39, 0.29) is 11.9 Å². The fourth-order valence-corrected chi connectivity index (χ4v) is 4.18. The molecule has 0 spiro atoms. The molecule has 2 rings (SSSR count). The van der Waals surface area contributed by atoms with Crippen molar-refractivity contribution < 1.29 is 13.2 Å². The van der Waals surface area contributed by atoms with Gasteiger partial charge in [-0.1, -0.05) is 0 Å². The summed E-state index contributed by atoms with van der Waals surface area (Å²) in [5, 5.41) is 0. The Labute approximate surface area is 128 Å². The Hall–Kier alpha value is -0.660. The molecule has 1 amide bonds. The van der Waals surface area contributed by atoms with E-state index in [1.54, 1.807) is 14.0 Å². The first-order valence-electron chi connectivity index (χ1n) is 7.71. The zero-order chi connectivity index (χ0) is 15.6. The zero-order valence-corrected chi connectivity index (χ0v) is 14.1. The molecule has 0 bridgehead atoms. The standard InChI is InChI=1S/C14H27N3O3S/c1-12(18)16-8-6-14(7-9-16)17-10-4-13(5-11-17)15(2)21(3,19)20/h13-14H,4-11H2,1-3H3. The molecular formula is C14H27N3O3S. The van der Waals surface area contributed by atoms with Crippen molar-refractivity contribution in [2.45, 2.75) is 44.7 Å². The fourth-order valence-electron chi connectivity index (χ4n) is 3.43. The molecule has 0 aromatic heterocycles. The van der Waals surface area contributed by atoms with Crippen LogP contribution >= 0.6 is 0 Å². The van der Waals surface area contributed by atoms with Crippen molar-refractivity contribution in [3.8, 4) is 0 Å². The molecule has 0 aromatic carbocycles. The maximum Gasteiger partial charge on any atom is 0.219 e. The van der Waals surface area contributed by atoms with Crippen LogP contribution in [0.1, 0.15) is 32.6 Å². The molecule has 0 unspecified atom stereocenters. The Kier molecular flexibility index (Phi) is 5.27. The first-order valence-corrected chi connectivity index (χ1v) is 9.56. The summed E-state index contributed by atoms with van der Waals surface area (Å²) in [6.07, 6.45) is 5.14. The SMILES string of the molecule is CC(=O)N1CCC(N2CCC(N(C)S(C)(=O)=O)CC2)CC1. The molecule has 0 atom stereocenters. The molecule has 2 fully saturated rings. The first-order chi connectivity index (χ1) is 9.79. The highest BCUT2D eigenvalue weighted by atomic mass is 32.2.